The molecule has 21 heavy (non-hydrogen) atoms. The summed E-state index contributed by atoms with van der Waals surface area (Å²) < 4.78 is 1.09. The highest BCUT2D eigenvalue weighted by Gasteiger charge is 1.98. The lowest BCUT2D eigenvalue weighted by molar-refractivity contribution is 0.794. The van der Waals surface area contributed by atoms with Gasteiger partial charge in [0.1, 0.15) is 0 Å². The Morgan fingerprint density at radius 3 is 2.33 bits per heavy atom. The topological polar surface area (TPSA) is 36.4 Å². The number of guanidine groups is 1. The van der Waals surface area contributed by atoms with Gasteiger partial charge in [-0.2, -0.15) is 0 Å². The van der Waals surface area contributed by atoms with Gasteiger partial charge in [-0.1, -0.05) is 58.4 Å². The number of aliphatic imine (C=N–C) groups is 1. The molecule has 0 saturated heterocycles. The molecule has 0 radical (unpaired) electrons. The van der Waals surface area contributed by atoms with Crippen LogP contribution in [-0.2, 0) is 13.0 Å². The number of nitrogens with zero attached hydrogens (tertiary/aromatic N) is 1. The van der Waals surface area contributed by atoms with E-state index in [4.69, 9.17) is 0 Å². The molecule has 0 heterocycles. The zero-order valence-electron chi connectivity index (χ0n) is 12.1. The second-order valence-corrected chi connectivity index (χ2v) is 5.63. The first-order valence-corrected chi connectivity index (χ1v) is 7.80. The van der Waals surface area contributed by atoms with Crippen LogP contribution in [0.4, 0.5) is 0 Å². The van der Waals surface area contributed by atoms with Crippen LogP contribution in [-0.4, -0.2) is 19.6 Å². The van der Waals surface area contributed by atoms with Gasteiger partial charge < -0.3 is 10.6 Å². The van der Waals surface area contributed by atoms with Crippen LogP contribution < -0.4 is 10.6 Å². The molecule has 0 aliphatic heterocycles. The van der Waals surface area contributed by atoms with Crippen molar-refractivity contribution < 1.29 is 0 Å². The van der Waals surface area contributed by atoms with E-state index in [0.29, 0.717) is 0 Å². The van der Waals surface area contributed by atoms with E-state index in [1.807, 2.05) is 18.2 Å². The van der Waals surface area contributed by atoms with Gasteiger partial charge in [-0.15, -0.1) is 0 Å². The minimum atomic E-state index is 0.762. The third kappa shape index (κ3) is 5.60. The van der Waals surface area contributed by atoms with Gasteiger partial charge in [0, 0.05) is 24.6 Å². The third-order valence-electron chi connectivity index (χ3n) is 3.15. The minimum Gasteiger partial charge on any atom is -0.356 e. The number of rotatable bonds is 5. The Labute approximate surface area is 134 Å². The van der Waals surface area contributed by atoms with Gasteiger partial charge in [0.2, 0.25) is 0 Å². The summed E-state index contributed by atoms with van der Waals surface area (Å²) in [6, 6.07) is 18.7. The molecule has 2 aromatic rings. The Morgan fingerprint density at radius 1 is 0.952 bits per heavy atom. The zero-order valence-corrected chi connectivity index (χ0v) is 13.7. The molecule has 0 atom stereocenters. The Balaban J connectivity index is 1.74. The standard InChI is InChI=1S/C17H20BrN3/c1-19-17(20-12-11-14-5-3-2-4-6-14)21-13-15-7-9-16(18)10-8-15/h2-10H,11-13H2,1H3,(H2,19,20,21). The number of hydrogen-bond donors (Lipinski definition) is 2. The Hall–Kier alpha value is -1.81. The lowest BCUT2D eigenvalue weighted by Gasteiger charge is -2.12. The first kappa shape index (κ1) is 15.6. The number of benzene rings is 2. The molecule has 0 aromatic heterocycles. The van der Waals surface area contributed by atoms with Gasteiger partial charge in [0.15, 0.2) is 5.96 Å². The zero-order chi connectivity index (χ0) is 14.9. The van der Waals surface area contributed by atoms with Crippen LogP contribution in [0.25, 0.3) is 0 Å². The Morgan fingerprint density at radius 2 is 1.67 bits per heavy atom. The summed E-state index contributed by atoms with van der Waals surface area (Å²) in [5.74, 6) is 0.828. The summed E-state index contributed by atoms with van der Waals surface area (Å²) in [4.78, 5) is 4.24. The van der Waals surface area contributed by atoms with Crippen molar-refractivity contribution in [3.63, 3.8) is 0 Å². The van der Waals surface area contributed by atoms with Gasteiger partial charge in [-0.25, -0.2) is 0 Å². The second-order valence-electron chi connectivity index (χ2n) is 4.71. The highest BCUT2D eigenvalue weighted by atomic mass is 79.9. The predicted octanol–water partition coefficient (Wildman–Crippen LogP) is 3.36. The summed E-state index contributed by atoms with van der Waals surface area (Å²) in [6.07, 6.45) is 0.986. The molecule has 0 amide bonds. The second kappa shape index (κ2) is 8.47. The molecular formula is C17H20BrN3. The van der Waals surface area contributed by atoms with Crippen molar-refractivity contribution in [3.8, 4) is 0 Å². The first-order chi connectivity index (χ1) is 10.3. The van der Waals surface area contributed by atoms with Gasteiger partial charge in [0.05, 0.1) is 0 Å². The van der Waals surface area contributed by atoms with Crippen LogP contribution in [0, 0.1) is 0 Å². The van der Waals surface area contributed by atoms with Crippen molar-refractivity contribution >= 4 is 21.9 Å². The van der Waals surface area contributed by atoms with Crippen LogP contribution in [0.3, 0.4) is 0 Å². The van der Waals surface area contributed by atoms with Gasteiger partial charge in [-0.05, 0) is 29.7 Å². The summed E-state index contributed by atoms with van der Waals surface area (Å²) >= 11 is 3.44. The largest absolute Gasteiger partial charge is 0.356 e. The van der Waals surface area contributed by atoms with Crippen molar-refractivity contribution in [2.75, 3.05) is 13.6 Å². The SMILES string of the molecule is CN=C(NCCc1ccccc1)NCc1ccc(Br)cc1. The monoisotopic (exact) mass is 345 g/mol. The lowest BCUT2D eigenvalue weighted by atomic mass is 10.1. The Bertz CT molecular complexity index is 564. The maximum absolute atomic E-state index is 4.24. The van der Waals surface area contributed by atoms with E-state index in [9.17, 15) is 0 Å². The smallest absolute Gasteiger partial charge is 0.191 e. The van der Waals surface area contributed by atoms with E-state index in [1.54, 1.807) is 7.05 Å². The fourth-order valence-corrected chi connectivity index (χ4v) is 2.24. The summed E-state index contributed by atoms with van der Waals surface area (Å²) in [5.41, 5.74) is 2.55. The fourth-order valence-electron chi connectivity index (χ4n) is 1.98. The molecule has 2 aromatic carbocycles. The van der Waals surface area contributed by atoms with Crippen molar-refractivity contribution in [1.82, 2.24) is 10.6 Å². The molecular weight excluding hydrogens is 326 g/mol. The number of halogens is 1. The van der Waals surface area contributed by atoms with E-state index < -0.39 is 0 Å². The average Bonchev–Trinajstić information content (AvgIpc) is 2.53. The molecule has 0 aliphatic carbocycles. The summed E-state index contributed by atoms with van der Waals surface area (Å²) in [7, 11) is 1.79. The number of nitrogens with one attached hydrogen (secondary N) is 2. The van der Waals surface area contributed by atoms with E-state index >= 15 is 0 Å². The molecule has 110 valence electrons. The maximum Gasteiger partial charge on any atom is 0.191 e. The quantitative estimate of drug-likeness (QED) is 0.643. The molecule has 2 rings (SSSR count). The molecule has 0 unspecified atom stereocenters. The molecule has 0 bridgehead atoms. The normalized spacial score (nSPS) is 11.2. The first-order valence-electron chi connectivity index (χ1n) is 7.01. The highest BCUT2D eigenvalue weighted by Crippen LogP contribution is 2.10. The lowest BCUT2D eigenvalue weighted by Crippen LogP contribution is -2.37. The van der Waals surface area contributed by atoms with Gasteiger partial charge in [-0.3, -0.25) is 4.99 Å². The minimum absolute atomic E-state index is 0.762. The molecule has 0 fully saturated rings. The van der Waals surface area contributed by atoms with Crippen LogP contribution in [0.15, 0.2) is 64.1 Å². The van der Waals surface area contributed by atoms with E-state index in [-0.39, 0.29) is 0 Å². The highest BCUT2D eigenvalue weighted by molar-refractivity contribution is 9.10. The van der Waals surface area contributed by atoms with E-state index in [2.05, 4.69) is 68.0 Å². The van der Waals surface area contributed by atoms with Crippen molar-refractivity contribution in [2.45, 2.75) is 13.0 Å². The Kier molecular flexibility index (Phi) is 6.28. The van der Waals surface area contributed by atoms with Crippen LogP contribution in [0.1, 0.15) is 11.1 Å². The van der Waals surface area contributed by atoms with E-state index in [1.165, 1.54) is 11.1 Å². The van der Waals surface area contributed by atoms with Crippen molar-refractivity contribution in [3.05, 3.63) is 70.2 Å². The predicted molar refractivity (Wildman–Crippen MR) is 92.5 cm³/mol. The molecule has 0 aliphatic rings. The van der Waals surface area contributed by atoms with E-state index in [0.717, 1.165) is 29.9 Å². The van der Waals surface area contributed by atoms with Crippen LogP contribution in [0.2, 0.25) is 0 Å². The molecule has 3 nitrogen and oxygen atoms in total. The maximum atomic E-state index is 4.24. The summed E-state index contributed by atoms with van der Waals surface area (Å²) in [5, 5.41) is 6.64. The molecule has 0 spiro atoms. The van der Waals surface area contributed by atoms with Crippen LogP contribution >= 0.6 is 15.9 Å². The third-order valence-corrected chi connectivity index (χ3v) is 3.67. The summed E-state index contributed by atoms with van der Waals surface area (Å²) in [6.45, 7) is 1.63. The van der Waals surface area contributed by atoms with Gasteiger partial charge >= 0.3 is 0 Å². The molecule has 0 saturated carbocycles. The van der Waals surface area contributed by atoms with Gasteiger partial charge in [0.25, 0.3) is 0 Å². The average molecular weight is 346 g/mol. The van der Waals surface area contributed by atoms with Crippen molar-refractivity contribution in [2.24, 2.45) is 4.99 Å². The number of hydrogen-bond acceptors (Lipinski definition) is 1. The van der Waals surface area contributed by atoms with Crippen molar-refractivity contribution in [1.29, 1.82) is 0 Å². The molecule has 2 N–H and O–H groups in total. The van der Waals surface area contributed by atoms with Crippen LogP contribution in [0.5, 0.6) is 0 Å². The molecule has 4 heteroatoms. The fraction of sp³-hybridized carbons (Fsp3) is 0.235.